The van der Waals surface area contributed by atoms with Crippen LogP contribution in [0, 0.1) is 0 Å². The van der Waals surface area contributed by atoms with E-state index < -0.39 is 0 Å². The molecule has 0 unspecified atom stereocenters. The lowest BCUT2D eigenvalue weighted by Crippen LogP contribution is -2.54. The Bertz CT molecular complexity index is 918. The summed E-state index contributed by atoms with van der Waals surface area (Å²) in [5.74, 6) is 1.88. The molecular weight excluding hydrogens is 356 g/mol. The number of carbonyl (C=O) groups is 1. The normalized spacial score (nSPS) is 17.0. The Labute approximate surface area is 164 Å². The van der Waals surface area contributed by atoms with Crippen molar-refractivity contribution < 1.29 is 13.9 Å². The number of rotatable bonds is 5. The number of hydrogen-bond acceptors (Lipinski definition) is 5. The number of benzene rings is 1. The molecule has 146 valence electrons. The van der Waals surface area contributed by atoms with E-state index in [9.17, 15) is 4.79 Å². The maximum Gasteiger partial charge on any atom is 0.289 e. The van der Waals surface area contributed by atoms with Crippen LogP contribution >= 0.6 is 0 Å². The molecule has 1 amide bonds. The first-order chi connectivity index (χ1) is 13.6. The number of aromatic nitrogens is 2. The standard InChI is InChI=1S/C21H24N4O3/c1-16-14-23(17-4-6-18(27-2)7-5-17)12-13-25(16)21(26)20-9-8-19(28-20)15-24-11-3-10-22-24/h3-11,16H,12-15H2,1-2H3/t16-/m1/s1. The van der Waals surface area contributed by atoms with Gasteiger partial charge < -0.3 is 19.0 Å². The van der Waals surface area contributed by atoms with E-state index in [2.05, 4.69) is 29.1 Å². The third-order valence-corrected chi connectivity index (χ3v) is 5.08. The number of piperazine rings is 1. The van der Waals surface area contributed by atoms with Crippen molar-refractivity contribution in [2.75, 3.05) is 31.6 Å². The van der Waals surface area contributed by atoms with Crippen LogP contribution in [0.1, 0.15) is 23.2 Å². The van der Waals surface area contributed by atoms with E-state index in [-0.39, 0.29) is 11.9 Å². The fraction of sp³-hybridized carbons (Fsp3) is 0.333. The molecule has 1 aliphatic rings. The van der Waals surface area contributed by atoms with Gasteiger partial charge in [-0.25, -0.2) is 0 Å². The number of hydrogen-bond donors (Lipinski definition) is 0. The summed E-state index contributed by atoms with van der Waals surface area (Å²) in [6.07, 6.45) is 3.59. The SMILES string of the molecule is COc1ccc(N2CCN(C(=O)c3ccc(Cn4cccn4)o3)[C@H](C)C2)cc1. The lowest BCUT2D eigenvalue weighted by molar-refractivity contribution is 0.0639. The summed E-state index contributed by atoms with van der Waals surface area (Å²) in [4.78, 5) is 17.1. The monoisotopic (exact) mass is 380 g/mol. The minimum absolute atomic E-state index is 0.0615. The molecule has 0 spiro atoms. The van der Waals surface area contributed by atoms with E-state index in [4.69, 9.17) is 9.15 Å². The molecule has 28 heavy (non-hydrogen) atoms. The number of carbonyl (C=O) groups excluding carboxylic acids is 1. The van der Waals surface area contributed by atoms with Crippen LogP contribution in [0.25, 0.3) is 0 Å². The van der Waals surface area contributed by atoms with Crippen molar-refractivity contribution in [3.8, 4) is 5.75 Å². The largest absolute Gasteiger partial charge is 0.497 e. The molecule has 2 aromatic heterocycles. The van der Waals surface area contributed by atoms with Crippen LogP contribution in [0.3, 0.4) is 0 Å². The molecule has 4 rings (SSSR count). The third-order valence-electron chi connectivity index (χ3n) is 5.08. The van der Waals surface area contributed by atoms with Gasteiger partial charge in [0.1, 0.15) is 11.5 Å². The van der Waals surface area contributed by atoms with Crippen molar-refractivity contribution in [3.63, 3.8) is 0 Å². The smallest absolute Gasteiger partial charge is 0.289 e. The summed E-state index contributed by atoms with van der Waals surface area (Å²) >= 11 is 0. The van der Waals surface area contributed by atoms with Gasteiger partial charge in [0.25, 0.3) is 5.91 Å². The number of anilines is 1. The van der Waals surface area contributed by atoms with Crippen LogP contribution in [-0.2, 0) is 6.54 Å². The molecule has 7 nitrogen and oxygen atoms in total. The van der Waals surface area contributed by atoms with Gasteiger partial charge in [-0.1, -0.05) is 0 Å². The Morgan fingerprint density at radius 1 is 1.21 bits per heavy atom. The molecule has 0 aliphatic carbocycles. The molecule has 1 atom stereocenters. The Morgan fingerprint density at radius 3 is 2.71 bits per heavy atom. The molecular formula is C21H24N4O3. The van der Waals surface area contributed by atoms with Gasteiger partial charge in [-0.2, -0.15) is 5.10 Å². The Morgan fingerprint density at radius 2 is 2.04 bits per heavy atom. The minimum atomic E-state index is -0.0615. The highest BCUT2D eigenvalue weighted by atomic mass is 16.5. The highest BCUT2D eigenvalue weighted by molar-refractivity contribution is 5.92. The quantitative estimate of drug-likeness (QED) is 0.681. The number of nitrogens with zero attached hydrogens (tertiary/aromatic N) is 4. The average molecular weight is 380 g/mol. The number of methoxy groups -OCH3 is 1. The molecule has 7 heteroatoms. The van der Waals surface area contributed by atoms with Gasteiger partial charge in [0, 0.05) is 43.8 Å². The van der Waals surface area contributed by atoms with Crippen LogP contribution < -0.4 is 9.64 Å². The van der Waals surface area contributed by atoms with E-state index in [0.717, 1.165) is 30.3 Å². The fourth-order valence-electron chi connectivity index (χ4n) is 3.56. The van der Waals surface area contributed by atoms with E-state index in [1.807, 2.05) is 35.4 Å². The van der Waals surface area contributed by atoms with Gasteiger partial charge in [0.15, 0.2) is 5.76 Å². The third kappa shape index (κ3) is 3.74. The average Bonchev–Trinajstić information content (AvgIpc) is 3.40. The number of furan rings is 1. The molecule has 1 fully saturated rings. The van der Waals surface area contributed by atoms with Gasteiger partial charge in [-0.05, 0) is 49.4 Å². The van der Waals surface area contributed by atoms with Crippen molar-refractivity contribution >= 4 is 11.6 Å². The first-order valence-corrected chi connectivity index (χ1v) is 9.40. The van der Waals surface area contributed by atoms with Crippen LogP contribution in [0.5, 0.6) is 5.75 Å². The maximum absolute atomic E-state index is 12.9. The molecule has 1 saturated heterocycles. The Balaban J connectivity index is 1.40. The summed E-state index contributed by atoms with van der Waals surface area (Å²) in [5, 5.41) is 4.16. The number of ether oxygens (including phenoxy) is 1. The fourth-order valence-corrected chi connectivity index (χ4v) is 3.56. The van der Waals surface area contributed by atoms with Gasteiger partial charge >= 0.3 is 0 Å². The molecule has 0 N–H and O–H groups in total. The number of amides is 1. The second kappa shape index (κ2) is 7.80. The predicted molar refractivity (Wildman–Crippen MR) is 106 cm³/mol. The van der Waals surface area contributed by atoms with Crippen LogP contribution in [-0.4, -0.2) is 53.4 Å². The molecule has 3 aromatic rings. The van der Waals surface area contributed by atoms with Crippen molar-refractivity contribution in [1.29, 1.82) is 0 Å². The predicted octanol–water partition coefficient (Wildman–Crippen LogP) is 2.88. The van der Waals surface area contributed by atoms with Crippen LogP contribution in [0.2, 0.25) is 0 Å². The second-order valence-electron chi connectivity index (χ2n) is 6.96. The molecule has 3 heterocycles. The van der Waals surface area contributed by atoms with Crippen LogP contribution in [0.15, 0.2) is 59.3 Å². The van der Waals surface area contributed by atoms with E-state index in [1.165, 1.54) is 0 Å². The van der Waals surface area contributed by atoms with E-state index in [0.29, 0.717) is 18.8 Å². The van der Waals surface area contributed by atoms with Crippen molar-refractivity contribution in [2.24, 2.45) is 0 Å². The summed E-state index contributed by atoms with van der Waals surface area (Å²) in [6.45, 7) is 4.80. The van der Waals surface area contributed by atoms with Crippen molar-refractivity contribution in [2.45, 2.75) is 19.5 Å². The first-order valence-electron chi connectivity index (χ1n) is 9.40. The van der Waals surface area contributed by atoms with Crippen LogP contribution in [0.4, 0.5) is 5.69 Å². The van der Waals surface area contributed by atoms with E-state index in [1.54, 1.807) is 24.1 Å². The lowest BCUT2D eigenvalue weighted by Gasteiger charge is -2.40. The summed E-state index contributed by atoms with van der Waals surface area (Å²) in [7, 11) is 1.66. The molecule has 1 aromatic carbocycles. The highest BCUT2D eigenvalue weighted by Gasteiger charge is 2.29. The molecule has 0 saturated carbocycles. The Kier molecular flexibility index (Phi) is 5.06. The van der Waals surface area contributed by atoms with Gasteiger partial charge in [0.05, 0.1) is 13.7 Å². The van der Waals surface area contributed by atoms with Gasteiger partial charge in [-0.15, -0.1) is 0 Å². The lowest BCUT2D eigenvalue weighted by atomic mass is 10.1. The summed E-state index contributed by atoms with van der Waals surface area (Å²) in [6, 6.07) is 13.6. The summed E-state index contributed by atoms with van der Waals surface area (Å²) < 4.78 is 12.8. The van der Waals surface area contributed by atoms with Crippen molar-refractivity contribution in [3.05, 3.63) is 66.4 Å². The Hall–Kier alpha value is -3.22. The first kappa shape index (κ1) is 18.2. The topological polar surface area (TPSA) is 63.7 Å². The molecule has 1 aliphatic heterocycles. The van der Waals surface area contributed by atoms with E-state index >= 15 is 0 Å². The molecule has 0 bridgehead atoms. The zero-order valence-corrected chi connectivity index (χ0v) is 16.1. The van der Waals surface area contributed by atoms with Crippen molar-refractivity contribution in [1.82, 2.24) is 14.7 Å². The second-order valence-corrected chi connectivity index (χ2v) is 6.96. The zero-order chi connectivity index (χ0) is 19.5. The summed E-state index contributed by atoms with van der Waals surface area (Å²) in [5.41, 5.74) is 1.14. The molecule has 0 radical (unpaired) electrons. The minimum Gasteiger partial charge on any atom is -0.497 e. The zero-order valence-electron chi connectivity index (χ0n) is 16.1. The van der Waals surface area contributed by atoms with Gasteiger partial charge in [-0.3, -0.25) is 9.48 Å². The van der Waals surface area contributed by atoms with Gasteiger partial charge in [0.2, 0.25) is 0 Å². The highest BCUT2D eigenvalue weighted by Crippen LogP contribution is 2.23. The maximum atomic E-state index is 12.9.